The van der Waals surface area contributed by atoms with E-state index in [0.29, 0.717) is 24.4 Å². The van der Waals surface area contributed by atoms with Crippen molar-refractivity contribution in [1.82, 2.24) is 15.3 Å². The zero-order valence-electron chi connectivity index (χ0n) is 10.1. The third-order valence-corrected chi connectivity index (χ3v) is 3.54. The number of H-pyrrole nitrogens is 1. The van der Waals surface area contributed by atoms with Crippen LogP contribution in [0.15, 0.2) is 28.9 Å². The Morgan fingerprint density at radius 3 is 3.11 bits per heavy atom. The van der Waals surface area contributed by atoms with Gasteiger partial charge in [0.1, 0.15) is 17.7 Å². The predicted octanol–water partition coefficient (Wildman–Crippen LogP) is 2.64. The normalized spacial score (nSPS) is 19.6. The first-order chi connectivity index (χ1) is 9.24. The van der Waals surface area contributed by atoms with E-state index in [0.717, 1.165) is 16.8 Å². The number of aromatic nitrogens is 2. The molecule has 4 nitrogen and oxygen atoms in total. The standard InChI is InChI=1S/C13H13BrFN3O/c14-8-1-2-10(15)9(5-8)11-6-17-13(18-11)12-7-16-3-4-19-12/h1-2,5-6,12,16H,3-4,7H2,(H,17,18). The molecule has 1 unspecified atom stereocenters. The van der Waals surface area contributed by atoms with Crippen molar-refractivity contribution in [1.29, 1.82) is 0 Å². The lowest BCUT2D eigenvalue weighted by Crippen LogP contribution is -2.33. The summed E-state index contributed by atoms with van der Waals surface area (Å²) < 4.78 is 20.2. The molecule has 1 fully saturated rings. The van der Waals surface area contributed by atoms with Crippen molar-refractivity contribution < 1.29 is 9.13 Å². The van der Waals surface area contributed by atoms with E-state index in [9.17, 15) is 4.39 Å². The Hall–Kier alpha value is -1.24. The van der Waals surface area contributed by atoms with Crippen LogP contribution in [0.1, 0.15) is 11.9 Å². The first-order valence-electron chi connectivity index (χ1n) is 6.06. The fraction of sp³-hybridized carbons (Fsp3) is 0.308. The van der Waals surface area contributed by atoms with Crippen LogP contribution in [-0.2, 0) is 4.74 Å². The van der Waals surface area contributed by atoms with Crippen molar-refractivity contribution in [3.8, 4) is 11.3 Å². The molecule has 0 bridgehead atoms. The smallest absolute Gasteiger partial charge is 0.137 e. The molecule has 0 aliphatic carbocycles. The van der Waals surface area contributed by atoms with Gasteiger partial charge in [0.15, 0.2) is 0 Å². The first kappa shape index (κ1) is 12.8. The number of hydrogen-bond acceptors (Lipinski definition) is 3. The van der Waals surface area contributed by atoms with Gasteiger partial charge in [0.25, 0.3) is 0 Å². The molecular weight excluding hydrogens is 313 g/mol. The minimum atomic E-state index is -0.277. The van der Waals surface area contributed by atoms with E-state index in [1.54, 1.807) is 18.3 Å². The largest absolute Gasteiger partial charge is 0.368 e. The molecule has 2 aromatic rings. The number of aromatic amines is 1. The Bertz CT molecular complexity index is 581. The molecule has 6 heteroatoms. The second kappa shape index (κ2) is 5.40. The van der Waals surface area contributed by atoms with Crippen LogP contribution in [0.2, 0.25) is 0 Å². The van der Waals surface area contributed by atoms with Crippen LogP contribution in [0.4, 0.5) is 4.39 Å². The zero-order chi connectivity index (χ0) is 13.2. The number of ether oxygens (including phenoxy) is 1. The summed E-state index contributed by atoms with van der Waals surface area (Å²) in [6, 6.07) is 4.83. The van der Waals surface area contributed by atoms with E-state index >= 15 is 0 Å². The van der Waals surface area contributed by atoms with Gasteiger partial charge in [-0.15, -0.1) is 0 Å². The molecule has 1 saturated heterocycles. The van der Waals surface area contributed by atoms with Gasteiger partial charge in [-0.2, -0.15) is 0 Å². The maximum atomic E-state index is 13.8. The zero-order valence-corrected chi connectivity index (χ0v) is 11.7. The van der Waals surface area contributed by atoms with Crippen molar-refractivity contribution in [2.45, 2.75) is 6.10 Å². The number of nitrogens with one attached hydrogen (secondary N) is 2. The second-order valence-electron chi connectivity index (χ2n) is 4.37. The third kappa shape index (κ3) is 2.70. The van der Waals surface area contributed by atoms with Crippen molar-refractivity contribution >= 4 is 15.9 Å². The third-order valence-electron chi connectivity index (χ3n) is 3.05. The molecule has 0 saturated carbocycles. The van der Waals surface area contributed by atoms with Crippen molar-refractivity contribution in [2.24, 2.45) is 0 Å². The van der Waals surface area contributed by atoms with E-state index < -0.39 is 0 Å². The van der Waals surface area contributed by atoms with Gasteiger partial charge in [-0.3, -0.25) is 0 Å². The highest BCUT2D eigenvalue weighted by Crippen LogP contribution is 2.26. The van der Waals surface area contributed by atoms with E-state index in [1.165, 1.54) is 6.07 Å². The van der Waals surface area contributed by atoms with Crippen LogP contribution in [0, 0.1) is 5.82 Å². The van der Waals surface area contributed by atoms with E-state index in [1.807, 2.05) is 0 Å². The van der Waals surface area contributed by atoms with Crippen LogP contribution >= 0.6 is 15.9 Å². The Balaban J connectivity index is 1.89. The summed E-state index contributed by atoms with van der Waals surface area (Å²) in [5.41, 5.74) is 1.15. The van der Waals surface area contributed by atoms with Gasteiger partial charge in [0, 0.05) is 23.1 Å². The molecule has 0 spiro atoms. The monoisotopic (exact) mass is 325 g/mol. The summed E-state index contributed by atoms with van der Waals surface area (Å²) in [4.78, 5) is 7.41. The highest BCUT2D eigenvalue weighted by Gasteiger charge is 2.19. The van der Waals surface area contributed by atoms with Gasteiger partial charge < -0.3 is 15.0 Å². The number of benzene rings is 1. The molecule has 1 aromatic heterocycles. The SMILES string of the molecule is Fc1ccc(Br)cc1-c1cnc(C2CNCCO2)[nH]1. The van der Waals surface area contributed by atoms with Crippen LogP contribution in [-0.4, -0.2) is 29.7 Å². The molecule has 19 heavy (non-hydrogen) atoms. The molecule has 1 atom stereocenters. The van der Waals surface area contributed by atoms with Gasteiger partial charge in [0.2, 0.25) is 0 Å². The maximum Gasteiger partial charge on any atom is 0.137 e. The van der Waals surface area contributed by atoms with Gasteiger partial charge in [0.05, 0.1) is 18.5 Å². The second-order valence-corrected chi connectivity index (χ2v) is 5.29. The van der Waals surface area contributed by atoms with E-state index in [-0.39, 0.29) is 11.9 Å². The molecule has 1 aliphatic heterocycles. The van der Waals surface area contributed by atoms with Crippen molar-refractivity contribution in [3.05, 3.63) is 40.5 Å². The molecule has 2 N–H and O–H groups in total. The molecule has 1 aliphatic rings. The lowest BCUT2D eigenvalue weighted by molar-refractivity contribution is 0.0227. The topological polar surface area (TPSA) is 49.9 Å². The van der Waals surface area contributed by atoms with Crippen molar-refractivity contribution in [2.75, 3.05) is 19.7 Å². The summed E-state index contributed by atoms with van der Waals surface area (Å²) in [5.74, 6) is 0.447. The Kier molecular flexibility index (Phi) is 3.63. The minimum Gasteiger partial charge on any atom is -0.368 e. The highest BCUT2D eigenvalue weighted by molar-refractivity contribution is 9.10. The lowest BCUT2D eigenvalue weighted by atomic mass is 10.1. The Morgan fingerprint density at radius 2 is 2.32 bits per heavy atom. The van der Waals surface area contributed by atoms with Gasteiger partial charge in [-0.05, 0) is 18.2 Å². The number of hydrogen-bond donors (Lipinski definition) is 2. The molecular formula is C13H13BrFN3O. The molecule has 0 amide bonds. The van der Waals surface area contributed by atoms with Gasteiger partial charge in [-0.1, -0.05) is 15.9 Å². The number of nitrogens with zero attached hydrogens (tertiary/aromatic N) is 1. The summed E-state index contributed by atoms with van der Waals surface area (Å²) in [7, 11) is 0. The van der Waals surface area contributed by atoms with Crippen LogP contribution in [0.25, 0.3) is 11.3 Å². The average molecular weight is 326 g/mol. The molecule has 2 heterocycles. The first-order valence-corrected chi connectivity index (χ1v) is 6.86. The number of morpholine rings is 1. The molecule has 3 rings (SSSR count). The Morgan fingerprint density at radius 1 is 1.42 bits per heavy atom. The maximum absolute atomic E-state index is 13.8. The van der Waals surface area contributed by atoms with Crippen LogP contribution in [0.3, 0.4) is 0 Å². The van der Waals surface area contributed by atoms with Gasteiger partial charge >= 0.3 is 0 Å². The average Bonchev–Trinajstić information content (AvgIpc) is 2.92. The molecule has 100 valence electrons. The van der Waals surface area contributed by atoms with Crippen LogP contribution in [0.5, 0.6) is 0 Å². The van der Waals surface area contributed by atoms with Crippen molar-refractivity contribution in [3.63, 3.8) is 0 Å². The van der Waals surface area contributed by atoms with Gasteiger partial charge in [-0.25, -0.2) is 9.37 Å². The van der Waals surface area contributed by atoms with Crippen LogP contribution < -0.4 is 5.32 Å². The fourth-order valence-electron chi connectivity index (χ4n) is 2.08. The lowest BCUT2D eigenvalue weighted by Gasteiger charge is -2.21. The number of rotatable bonds is 2. The fourth-order valence-corrected chi connectivity index (χ4v) is 2.44. The quantitative estimate of drug-likeness (QED) is 0.892. The van der Waals surface area contributed by atoms with E-state index in [4.69, 9.17) is 4.74 Å². The number of imidazole rings is 1. The number of halogens is 2. The summed E-state index contributed by atoms with van der Waals surface area (Å²) in [5, 5.41) is 3.24. The summed E-state index contributed by atoms with van der Waals surface area (Å²) in [6.45, 7) is 2.23. The Labute approximate surface area is 118 Å². The molecule has 1 aromatic carbocycles. The summed E-state index contributed by atoms with van der Waals surface area (Å²) >= 11 is 3.34. The van der Waals surface area contributed by atoms with E-state index in [2.05, 4.69) is 31.2 Å². The minimum absolute atomic E-state index is 0.0993. The predicted molar refractivity (Wildman–Crippen MR) is 73.2 cm³/mol. The molecule has 0 radical (unpaired) electrons. The summed E-state index contributed by atoms with van der Waals surface area (Å²) in [6.07, 6.45) is 1.54. The highest BCUT2D eigenvalue weighted by atomic mass is 79.9.